The molecular formula is C21H24F3N3O4. The topological polar surface area (TPSA) is 100 Å². The van der Waals surface area contributed by atoms with Gasteiger partial charge in [-0.2, -0.15) is 0 Å². The quantitative estimate of drug-likeness (QED) is 0.587. The number of alkyl halides is 2. The normalized spacial score (nSPS) is 14.7. The molecule has 168 valence electrons. The van der Waals surface area contributed by atoms with Gasteiger partial charge < -0.3 is 20.3 Å². The highest BCUT2D eigenvalue weighted by atomic mass is 19.1. The van der Waals surface area contributed by atoms with Crippen molar-refractivity contribution >= 4 is 28.5 Å². The zero-order chi connectivity index (χ0) is 22.5. The monoisotopic (exact) mass is 439 g/mol. The highest BCUT2D eigenvalue weighted by Gasteiger charge is 2.23. The van der Waals surface area contributed by atoms with E-state index in [4.69, 9.17) is 5.11 Å². The molecule has 0 saturated heterocycles. The van der Waals surface area contributed by atoms with Crippen LogP contribution in [0.15, 0.2) is 23.1 Å². The lowest BCUT2D eigenvalue weighted by atomic mass is 9.95. The lowest BCUT2D eigenvalue weighted by Gasteiger charge is -2.25. The van der Waals surface area contributed by atoms with Crippen molar-refractivity contribution < 1.29 is 27.9 Å². The second kappa shape index (κ2) is 9.84. The molecule has 10 heteroatoms. The number of aliphatic carboxylic acids is 1. The zero-order valence-corrected chi connectivity index (χ0v) is 16.8. The van der Waals surface area contributed by atoms with Gasteiger partial charge in [0.25, 0.3) is 5.91 Å². The standard InChI is InChI=1S/C21H24F3N3O4/c22-8-13(9-23)27-11-15(21(31)25-10-19(28)29)20(30)14-6-16(24)17(7-18(14)27)26-12-4-2-1-3-5-12/h6-7,11-13,26H,1-5,8-10H2,(H,25,31)(H,28,29). The predicted molar refractivity (Wildman–Crippen MR) is 110 cm³/mol. The van der Waals surface area contributed by atoms with E-state index in [9.17, 15) is 27.6 Å². The summed E-state index contributed by atoms with van der Waals surface area (Å²) < 4.78 is 42.9. The van der Waals surface area contributed by atoms with Crippen molar-refractivity contribution in [2.45, 2.75) is 44.2 Å². The molecule has 1 aliphatic carbocycles. The summed E-state index contributed by atoms with van der Waals surface area (Å²) in [4.78, 5) is 35.8. The maximum absolute atomic E-state index is 14.8. The number of anilines is 1. The fourth-order valence-electron chi connectivity index (χ4n) is 3.85. The second-order valence-electron chi connectivity index (χ2n) is 7.65. The summed E-state index contributed by atoms with van der Waals surface area (Å²) in [5.74, 6) is -3.07. The minimum Gasteiger partial charge on any atom is -0.480 e. The highest BCUT2D eigenvalue weighted by molar-refractivity contribution is 5.99. The van der Waals surface area contributed by atoms with Crippen LogP contribution in [0, 0.1) is 5.82 Å². The van der Waals surface area contributed by atoms with Gasteiger partial charge >= 0.3 is 5.97 Å². The van der Waals surface area contributed by atoms with Gasteiger partial charge in [0.05, 0.1) is 17.2 Å². The van der Waals surface area contributed by atoms with Crippen molar-refractivity contribution in [3.63, 3.8) is 0 Å². The summed E-state index contributed by atoms with van der Waals surface area (Å²) >= 11 is 0. The summed E-state index contributed by atoms with van der Waals surface area (Å²) in [6, 6.07) is 1.00. The van der Waals surface area contributed by atoms with E-state index in [0.717, 1.165) is 48.9 Å². The van der Waals surface area contributed by atoms with Gasteiger partial charge in [-0.3, -0.25) is 14.4 Å². The van der Waals surface area contributed by atoms with E-state index in [-0.39, 0.29) is 22.6 Å². The first kappa shape index (κ1) is 22.6. The SMILES string of the molecule is O=C(O)CNC(=O)c1cn(C(CF)CF)c2cc(NC3CCCCC3)c(F)cc2c1=O. The van der Waals surface area contributed by atoms with Crippen LogP contribution >= 0.6 is 0 Å². The summed E-state index contributed by atoms with van der Waals surface area (Å²) in [6.45, 7) is -2.98. The molecule has 3 rings (SSSR count). The number of carbonyl (C=O) groups is 2. The number of amides is 1. The lowest BCUT2D eigenvalue weighted by molar-refractivity contribution is -0.135. The Balaban J connectivity index is 2.12. The number of carbonyl (C=O) groups excluding carboxylic acids is 1. The molecule has 1 fully saturated rings. The molecular weight excluding hydrogens is 415 g/mol. The Morgan fingerprint density at radius 1 is 1.16 bits per heavy atom. The third kappa shape index (κ3) is 5.00. The smallest absolute Gasteiger partial charge is 0.322 e. The minimum atomic E-state index is -1.33. The van der Waals surface area contributed by atoms with Gasteiger partial charge in [-0.25, -0.2) is 13.2 Å². The average Bonchev–Trinajstić information content (AvgIpc) is 2.76. The molecule has 0 atom stereocenters. The predicted octanol–water partition coefficient (Wildman–Crippen LogP) is 3.18. The molecule has 2 aromatic rings. The number of carboxylic acids is 1. The highest BCUT2D eigenvalue weighted by Crippen LogP contribution is 2.28. The zero-order valence-electron chi connectivity index (χ0n) is 16.8. The number of halogens is 3. The van der Waals surface area contributed by atoms with Crippen molar-refractivity contribution in [2.75, 3.05) is 25.2 Å². The van der Waals surface area contributed by atoms with Gasteiger partial charge in [0.15, 0.2) is 0 Å². The van der Waals surface area contributed by atoms with Gasteiger partial charge in [0, 0.05) is 17.6 Å². The molecule has 0 aliphatic heterocycles. The van der Waals surface area contributed by atoms with Gasteiger partial charge in [-0.1, -0.05) is 19.3 Å². The number of pyridine rings is 1. The van der Waals surface area contributed by atoms with Crippen LogP contribution < -0.4 is 16.1 Å². The number of carboxylic acid groups (broad SMARTS) is 1. The van der Waals surface area contributed by atoms with Crippen LogP contribution in [-0.4, -0.2) is 47.5 Å². The molecule has 1 aromatic carbocycles. The molecule has 0 radical (unpaired) electrons. The van der Waals surface area contributed by atoms with E-state index in [1.165, 1.54) is 6.07 Å². The van der Waals surface area contributed by atoms with E-state index >= 15 is 0 Å². The molecule has 1 aliphatic rings. The number of benzene rings is 1. The van der Waals surface area contributed by atoms with Gasteiger partial charge in [0.2, 0.25) is 5.43 Å². The molecule has 1 aromatic heterocycles. The van der Waals surface area contributed by atoms with Crippen molar-refractivity contribution in [1.29, 1.82) is 0 Å². The molecule has 31 heavy (non-hydrogen) atoms. The number of hydrogen-bond acceptors (Lipinski definition) is 4. The Bertz CT molecular complexity index is 1030. The minimum absolute atomic E-state index is 0.0556. The number of hydrogen-bond donors (Lipinski definition) is 3. The van der Waals surface area contributed by atoms with E-state index in [2.05, 4.69) is 5.32 Å². The summed E-state index contributed by atoms with van der Waals surface area (Å²) in [6.07, 6.45) is 5.86. The van der Waals surface area contributed by atoms with E-state index in [1.54, 1.807) is 0 Å². The van der Waals surface area contributed by atoms with Crippen molar-refractivity contribution in [1.82, 2.24) is 9.88 Å². The van der Waals surface area contributed by atoms with Crippen LogP contribution in [0.3, 0.4) is 0 Å². The molecule has 3 N–H and O–H groups in total. The first-order valence-electron chi connectivity index (χ1n) is 10.1. The molecule has 0 unspecified atom stereocenters. The van der Waals surface area contributed by atoms with Crippen LogP contribution in [0.25, 0.3) is 10.9 Å². The first-order chi connectivity index (χ1) is 14.8. The van der Waals surface area contributed by atoms with Crippen molar-refractivity contribution in [2.24, 2.45) is 0 Å². The Labute approximate surface area is 176 Å². The Morgan fingerprint density at radius 3 is 2.45 bits per heavy atom. The summed E-state index contributed by atoms with van der Waals surface area (Å²) in [7, 11) is 0. The van der Waals surface area contributed by atoms with E-state index < -0.39 is 54.6 Å². The van der Waals surface area contributed by atoms with Crippen LogP contribution in [0.5, 0.6) is 0 Å². The molecule has 1 amide bonds. The molecule has 1 heterocycles. The van der Waals surface area contributed by atoms with Crippen LogP contribution in [0.2, 0.25) is 0 Å². The van der Waals surface area contributed by atoms with E-state index in [1.807, 2.05) is 5.32 Å². The molecule has 1 saturated carbocycles. The summed E-state index contributed by atoms with van der Waals surface area (Å²) in [5.41, 5.74) is -1.17. The molecule has 0 bridgehead atoms. The number of nitrogens with one attached hydrogen (secondary N) is 2. The maximum atomic E-state index is 14.8. The maximum Gasteiger partial charge on any atom is 0.322 e. The number of aromatic nitrogens is 1. The van der Waals surface area contributed by atoms with Gasteiger partial charge in [0.1, 0.15) is 31.3 Å². The second-order valence-corrected chi connectivity index (χ2v) is 7.65. The largest absolute Gasteiger partial charge is 0.480 e. The van der Waals surface area contributed by atoms with Crippen molar-refractivity contribution in [3.05, 3.63) is 39.9 Å². The van der Waals surface area contributed by atoms with Crippen molar-refractivity contribution in [3.8, 4) is 0 Å². The summed E-state index contributed by atoms with van der Waals surface area (Å²) in [5, 5.41) is 13.6. The Morgan fingerprint density at radius 2 is 1.84 bits per heavy atom. The Kier molecular flexibility index (Phi) is 7.19. The molecule has 0 spiro atoms. The first-order valence-corrected chi connectivity index (χ1v) is 10.1. The third-order valence-electron chi connectivity index (χ3n) is 5.48. The molecule has 7 nitrogen and oxygen atoms in total. The fraction of sp³-hybridized carbons (Fsp3) is 0.476. The third-order valence-corrected chi connectivity index (χ3v) is 5.48. The fourth-order valence-corrected chi connectivity index (χ4v) is 3.85. The van der Waals surface area contributed by atoms with Crippen LogP contribution in [0.1, 0.15) is 48.5 Å². The Hall–Kier alpha value is -3.04. The van der Waals surface area contributed by atoms with Gasteiger partial charge in [-0.05, 0) is 25.0 Å². The van der Waals surface area contributed by atoms with Gasteiger partial charge in [-0.15, -0.1) is 0 Å². The number of fused-ring (bicyclic) bond motifs is 1. The van der Waals surface area contributed by atoms with E-state index in [0.29, 0.717) is 0 Å². The lowest BCUT2D eigenvalue weighted by Crippen LogP contribution is -2.34. The van der Waals surface area contributed by atoms with Crippen LogP contribution in [-0.2, 0) is 4.79 Å². The van der Waals surface area contributed by atoms with Crippen LogP contribution in [0.4, 0.5) is 18.9 Å². The average molecular weight is 439 g/mol. The number of nitrogens with zero attached hydrogens (tertiary/aromatic N) is 1. The number of rotatable bonds is 8.